The SMILES string of the molecule is C(=NCc1cc(N2CCOCC2)n2nc(-c3cccnc3)cc2n1)c1ccc2[nH]ccc2c1. The second-order valence-corrected chi connectivity index (χ2v) is 8.04. The summed E-state index contributed by atoms with van der Waals surface area (Å²) in [5.74, 6) is 1.01. The number of aliphatic imine (C=N–C) groups is 1. The normalized spacial score (nSPS) is 14.6. The Hall–Kier alpha value is -4.04. The molecule has 1 aliphatic heterocycles. The van der Waals surface area contributed by atoms with Gasteiger partial charge in [-0.25, -0.2) is 4.98 Å². The molecule has 0 unspecified atom stereocenters. The van der Waals surface area contributed by atoms with Crippen LogP contribution in [0.1, 0.15) is 11.3 Å². The van der Waals surface area contributed by atoms with Crippen LogP contribution >= 0.6 is 0 Å². The number of hydrogen-bond donors (Lipinski definition) is 1. The van der Waals surface area contributed by atoms with Gasteiger partial charge < -0.3 is 14.6 Å². The highest BCUT2D eigenvalue weighted by molar-refractivity contribution is 5.88. The maximum atomic E-state index is 5.56. The largest absolute Gasteiger partial charge is 0.378 e. The lowest BCUT2D eigenvalue weighted by Gasteiger charge is -2.29. The Bertz CT molecular complexity index is 1430. The quantitative estimate of drug-likeness (QED) is 0.424. The topological polar surface area (TPSA) is 83.7 Å². The predicted octanol–water partition coefficient (Wildman–Crippen LogP) is 3.73. The summed E-state index contributed by atoms with van der Waals surface area (Å²) in [7, 11) is 0. The Balaban J connectivity index is 1.34. The summed E-state index contributed by atoms with van der Waals surface area (Å²) in [6.45, 7) is 3.54. The van der Waals surface area contributed by atoms with E-state index in [1.807, 2.05) is 41.3 Å². The van der Waals surface area contributed by atoms with E-state index in [0.717, 1.165) is 52.6 Å². The minimum Gasteiger partial charge on any atom is -0.378 e. The van der Waals surface area contributed by atoms with Crippen LogP contribution in [0.2, 0.25) is 0 Å². The second-order valence-electron chi connectivity index (χ2n) is 8.04. The van der Waals surface area contributed by atoms with Gasteiger partial charge in [-0.2, -0.15) is 9.61 Å². The van der Waals surface area contributed by atoms with E-state index in [1.165, 1.54) is 5.39 Å². The highest BCUT2D eigenvalue weighted by Crippen LogP contribution is 2.24. The maximum absolute atomic E-state index is 5.56. The number of pyridine rings is 1. The predicted molar refractivity (Wildman–Crippen MR) is 129 cm³/mol. The van der Waals surface area contributed by atoms with E-state index >= 15 is 0 Å². The fourth-order valence-corrected chi connectivity index (χ4v) is 4.16. The molecule has 0 bridgehead atoms. The number of H-pyrrole nitrogens is 1. The number of morpholine rings is 1. The summed E-state index contributed by atoms with van der Waals surface area (Å²) < 4.78 is 7.47. The summed E-state index contributed by atoms with van der Waals surface area (Å²) >= 11 is 0. The maximum Gasteiger partial charge on any atom is 0.158 e. The molecule has 0 atom stereocenters. The first-order valence-corrected chi connectivity index (χ1v) is 11.0. The van der Waals surface area contributed by atoms with Crippen molar-refractivity contribution in [3.05, 3.63) is 78.4 Å². The van der Waals surface area contributed by atoms with Gasteiger partial charge >= 0.3 is 0 Å². The van der Waals surface area contributed by atoms with Crippen LogP contribution in [-0.4, -0.2) is 57.1 Å². The lowest BCUT2D eigenvalue weighted by molar-refractivity contribution is 0.122. The number of hydrogen-bond acceptors (Lipinski definition) is 6. The summed E-state index contributed by atoms with van der Waals surface area (Å²) in [5, 5.41) is 6.02. The molecule has 0 radical (unpaired) electrons. The van der Waals surface area contributed by atoms with E-state index in [1.54, 1.807) is 6.20 Å². The number of aromatic nitrogens is 5. The number of nitrogens with zero attached hydrogens (tertiary/aromatic N) is 6. The van der Waals surface area contributed by atoms with Gasteiger partial charge in [0.05, 0.1) is 31.1 Å². The van der Waals surface area contributed by atoms with Gasteiger partial charge in [0.2, 0.25) is 0 Å². The number of benzene rings is 1. The minimum atomic E-state index is 0.492. The Labute approximate surface area is 190 Å². The molecule has 5 heterocycles. The zero-order chi connectivity index (χ0) is 22.0. The average Bonchev–Trinajstić information content (AvgIpc) is 3.51. The first-order valence-electron chi connectivity index (χ1n) is 11.0. The Morgan fingerprint density at radius 2 is 2.03 bits per heavy atom. The zero-order valence-electron chi connectivity index (χ0n) is 18.1. The molecular formula is C25H23N7O. The van der Waals surface area contributed by atoms with Crippen LogP contribution < -0.4 is 4.90 Å². The molecule has 1 saturated heterocycles. The second kappa shape index (κ2) is 8.48. The molecule has 1 aliphatic rings. The van der Waals surface area contributed by atoms with Crippen molar-refractivity contribution >= 4 is 28.6 Å². The van der Waals surface area contributed by atoms with Crippen LogP contribution in [0.5, 0.6) is 0 Å². The molecule has 1 N–H and O–H groups in total. The average molecular weight is 438 g/mol. The lowest BCUT2D eigenvalue weighted by atomic mass is 10.2. The van der Waals surface area contributed by atoms with Gasteiger partial charge in [0, 0.05) is 61.1 Å². The van der Waals surface area contributed by atoms with Gasteiger partial charge in [-0.1, -0.05) is 6.07 Å². The van der Waals surface area contributed by atoms with Gasteiger partial charge in [-0.3, -0.25) is 9.98 Å². The molecule has 33 heavy (non-hydrogen) atoms. The van der Waals surface area contributed by atoms with Crippen molar-refractivity contribution in [2.24, 2.45) is 4.99 Å². The first kappa shape index (κ1) is 19.6. The molecule has 8 heteroatoms. The van der Waals surface area contributed by atoms with Crippen LogP contribution in [-0.2, 0) is 11.3 Å². The summed E-state index contributed by atoms with van der Waals surface area (Å²) in [4.78, 5) is 19.3. The van der Waals surface area contributed by atoms with Gasteiger partial charge in [0.1, 0.15) is 5.82 Å². The fraction of sp³-hybridized carbons (Fsp3) is 0.200. The zero-order valence-corrected chi connectivity index (χ0v) is 18.1. The van der Waals surface area contributed by atoms with Crippen molar-refractivity contribution in [2.45, 2.75) is 6.54 Å². The number of aromatic amines is 1. The van der Waals surface area contributed by atoms with Crippen molar-refractivity contribution in [2.75, 3.05) is 31.2 Å². The molecule has 0 aliphatic carbocycles. The van der Waals surface area contributed by atoms with E-state index in [4.69, 9.17) is 14.8 Å². The Kier molecular flexibility index (Phi) is 5.04. The number of nitrogens with one attached hydrogen (secondary N) is 1. The third-order valence-corrected chi connectivity index (χ3v) is 5.82. The molecule has 6 rings (SSSR count). The standard InChI is InChI=1S/C25H23N7O/c1-2-20(16-26-6-1)23-14-24-29-21(13-25(32(24)30-23)31-8-10-33-11-9-31)17-27-15-18-3-4-22-19(12-18)5-7-28-22/h1-7,12-16,28H,8-11,17H2. The van der Waals surface area contributed by atoms with Gasteiger partial charge in [-0.15, -0.1) is 0 Å². The molecule has 0 amide bonds. The van der Waals surface area contributed by atoms with Crippen molar-refractivity contribution in [1.29, 1.82) is 0 Å². The molecule has 164 valence electrons. The van der Waals surface area contributed by atoms with Crippen molar-refractivity contribution in [1.82, 2.24) is 24.6 Å². The summed E-state index contributed by atoms with van der Waals surface area (Å²) in [6, 6.07) is 16.4. The van der Waals surface area contributed by atoms with E-state index < -0.39 is 0 Å². The van der Waals surface area contributed by atoms with Crippen molar-refractivity contribution in [3.8, 4) is 11.3 Å². The number of anilines is 1. The van der Waals surface area contributed by atoms with Crippen molar-refractivity contribution in [3.63, 3.8) is 0 Å². The van der Waals surface area contributed by atoms with Crippen LogP contribution in [0.15, 0.2) is 72.1 Å². The Morgan fingerprint density at radius 1 is 1.09 bits per heavy atom. The van der Waals surface area contributed by atoms with Crippen LogP contribution in [0.4, 0.5) is 5.82 Å². The van der Waals surface area contributed by atoms with E-state index in [0.29, 0.717) is 19.8 Å². The molecule has 8 nitrogen and oxygen atoms in total. The number of rotatable bonds is 5. The first-order chi connectivity index (χ1) is 16.3. The fourth-order valence-electron chi connectivity index (χ4n) is 4.16. The van der Waals surface area contributed by atoms with Gasteiger partial charge in [0.25, 0.3) is 0 Å². The highest BCUT2D eigenvalue weighted by atomic mass is 16.5. The third kappa shape index (κ3) is 3.96. The molecule has 1 fully saturated rings. The van der Waals surface area contributed by atoms with Crippen LogP contribution in [0.3, 0.4) is 0 Å². The smallest absolute Gasteiger partial charge is 0.158 e. The van der Waals surface area contributed by atoms with Crippen LogP contribution in [0.25, 0.3) is 27.8 Å². The van der Waals surface area contributed by atoms with E-state index in [-0.39, 0.29) is 0 Å². The molecule has 0 spiro atoms. The minimum absolute atomic E-state index is 0.492. The molecular weight excluding hydrogens is 414 g/mol. The van der Waals surface area contributed by atoms with Crippen molar-refractivity contribution < 1.29 is 4.74 Å². The van der Waals surface area contributed by atoms with Crippen LogP contribution in [0, 0.1) is 0 Å². The summed E-state index contributed by atoms with van der Waals surface area (Å²) in [5.41, 5.74) is 5.72. The summed E-state index contributed by atoms with van der Waals surface area (Å²) in [6.07, 6.45) is 7.44. The van der Waals surface area contributed by atoms with E-state index in [2.05, 4.69) is 50.2 Å². The van der Waals surface area contributed by atoms with E-state index in [9.17, 15) is 0 Å². The molecule has 4 aromatic heterocycles. The molecule has 0 saturated carbocycles. The van der Waals surface area contributed by atoms with Gasteiger partial charge in [-0.05, 0) is 41.3 Å². The molecule has 1 aromatic carbocycles. The number of fused-ring (bicyclic) bond motifs is 2. The molecule has 5 aromatic rings. The third-order valence-electron chi connectivity index (χ3n) is 5.82. The van der Waals surface area contributed by atoms with Gasteiger partial charge in [0.15, 0.2) is 5.65 Å². The number of ether oxygens (including phenoxy) is 1. The lowest BCUT2D eigenvalue weighted by Crippen LogP contribution is -2.37. The highest BCUT2D eigenvalue weighted by Gasteiger charge is 2.18. The Morgan fingerprint density at radius 3 is 2.91 bits per heavy atom. The monoisotopic (exact) mass is 437 g/mol.